The second-order valence-corrected chi connectivity index (χ2v) is 5.30. The largest absolute Gasteiger partial charge is 0.365 e. The fraction of sp³-hybridized carbons (Fsp3) is 0.375. The zero-order valence-corrected chi connectivity index (χ0v) is 11.5. The van der Waals surface area contributed by atoms with Gasteiger partial charge in [-0.1, -0.05) is 24.3 Å². The van der Waals surface area contributed by atoms with E-state index in [1.165, 1.54) is 11.1 Å². The van der Waals surface area contributed by atoms with Crippen LogP contribution in [0.15, 0.2) is 30.5 Å². The maximum absolute atomic E-state index is 4.55. The number of aryl methyl sites for hydroxylation is 3. The molecule has 0 saturated carbocycles. The van der Waals surface area contributed by atoms with Gasteiger partial charge >= 0.3 is 0 Å². The van der Waals surface area contributed by atoms with Crippen molar-refractivity contribution in [1.82, 2.24) is 9.97 Å². The predicted molar refractivity (Wildman–Crippen MR) is 77.4 cm³/mol. The van der Waals surface area contributed by atoms with E-state index in [4.69, 9.17) is 0 Å². The molecule has 0 amide bonds. The van der Waals surface area contributed by atoms with Crippen LogP contribution in [0.4, 0.5) is 5.82 Å². The number of hydrogen-bond acceptors (Lipinski definition) is 3. The molecule has 0 radical (unpaired) electrons. The van der Waals surface area contributed by atoms with Crippen LogP contribution in [-0.4, -0.2) is 16.0 Å². The SMILES string of the molecule is Cc1cnc(C)c(N[C@@H]2CCc3ccccc3C2)n1. The molecule has 3 heteroatoms. The summed E-state index contributed by atoms with van der Waals surface area (Å²) in [4.78, 5) is 8.91. The number of fused-ring (bicyclic) bond motifs is 1. The minimum atomic E-state index is 0.463. The highest BCUT2D eigenvalue weighted by molar-refractivity contribution is 5.42. The highest BCUT2D eigenvalue weighted by Crippen LogP contribution is 2.23. The number of nitrogens with one attached hydrogen (secondary N) is 1. The van der Waals surface area contributed by atoms with E-state index in [1.54, 1.807) is 0 Å². The predicted octanol–water partition coefficient (Wildman–Crippen LogP) is 3.06. The summed E-state index contributed by atoms with van der Waals surface area (Å²) in [5, 5.41) is 3.56. The third kappa shape index (κ3) is 2.60. The van der Waals surface area contributed by atoms with Crippen LogP contribution in [0.1, 0.15) is 28.9 Å². The van der Waals surface area contributed by atoms with Gasteiger partial charge in [0, 0.05) is 12.2 Å². The molecule has 98 valence electrons. The van der Waals surface area contributed by atoms with Crippen LogP contribution in [0.3, 0.4) is 0 Å². The Morgan fingerprint density at radius 2 is 1.95 bits per heavy atom. The van der Waals surface area contributed by atoms with E-state index >= 15 is 0 Å². The first kappa shape index (κ1) is 12.2. The van der Waals surface area contributed by atoms with E-state index < -0.39 is 0 Å². The van der Waals surface area contributed by atoms with Crippen molar-refractivity contribution in [3.8, 4) is 0 Å². The van der Waals surface area contributed by atoms with Gasteiger partial charge in [-0.15, -0.1) is 0 Å². The Balaban J connectivity index is 1.77. The second-order valence-electron chi connectivity index (χ2n) is 5.30. The first-order valence-electron chi connectivity index (χ1n) is 6.86. The summed E-state index contributed by atoms with van der Waals surface area (Å²) in [6.07, 6.45) is 5.19. The van der Waals surface area contributed by atoms with Gasteiger partial charge in [0.2, 0.25) is 0 Å². The fourth-order valence-corrected chi connectivity index (χ4v) is 2.69. The van der Waals surface area contributed by atoms with E-state index in [0.717, 1.165) is 36.5 Å². The van der Waals surface area contributed by atoms with Crippen molar-refractivity contribution in [2.24, 2.45) is 0 Å². The quantitative estimate of drug-likeness (QED) is 0.894. The maximum Gasteiger partial charge on any atom is 0.147 e. The van der Waals surface area contributed by atoms with Crippen molar-refractivity contribution in [3.63, 3.8) is 0 Å². The third-order valence-corrected chi connectivity index (χ3v) is 3.76. The zero-order chi connectivity index (χ0) is 13.2. The summed E-state index contributed by atoms with van der Waals surface area (Å²) in [7, 11) is 0. The number of anilines is 1. The molecule has 3 nitrogen and oxygen atoms in total. The Morgan fingerprint density at radius 1 is 1.16 bits per heavy atom. The lowest BCUT2D eigenvalue weighted by molar-refractivity contribution is 0.607. The van der Waals surface area contributed by atoms with Crippen LogP contribution in [0.5, 0.6) is 0 Å². The van der Waals surface area contributed by atoms with Crippen molar-refractivity contribution in [2.75, 3.05) is 5.32 Å². The second kappa shape index (κ2) is 5.00. The van der Waals surface area contributed by atoms with Crippen molar-refractivity contribution >= 4 is 5.82 Å². The van der Waals surface area contributed by atoms with E-state index in [1.807, 2.05) is 20.0 Å². The van der Waals surface area contributed by atoms with E-state index in [9.17, 15) is 0 Å². The van der Waals surface area contributed by atoms with Gasteiger partial charge in [-0.3, -0.25) is 4.98 Å². The van der Waals surface area contributed by atoms with Crippen LogP contribution in [0.2, 0.25) is 0 Å². The van der Waals surface area contributed by atoms with Gasteiger partial charge in [-0.25, -0.2) is 4.98 Å². The van der Waals surface area contributed by atoms with Crippen LogP contribution < -0.4 is 5.32 Å². The minimum Gasteiger partial charge on any atom is -0.365 e. The average molecular weight is 253 g/mol. The molecule has 19 heavy (non-hydrogen) atoms. The van der Waals surface area contributed by atoms with Gasteiger partial charge in [0.1, 0.15) is 5.82 Å². The monoisotopic (exact) mass is 253 g/mol. The summed E-state index contributed by atoms with van der Waals surface area (Å²) in [6.45, 7) is 3.99. The van der Waals surface area contributed by atoms with Gasteiger partial charge in [-0.05, 0) is 44.2 Å². The van der Waals surface area contributed by atoms with Gasteiger partial charge < -0.3 is 5.32 Å². The number of aromatic nitrogens is 2. The first-order chi connectivity index (χ1) is 9.22. The number of nitrogens with zero attached hydrogens (tertiary/aromatic N) is 2. The van der Waals surface area contributed by atoms with Crippen LogP contribution in [-0.2, 0) is 12.8 Å². The first-order valence-corrected chi connectivity index (χ1v) is 6.86. The van der Waals surface area contributed by atoms with Crippen molar-refractivity contribution < 1.29 is 0 Å². The molecule has 0 unspecified atom stereocenters. The van der Waals surface area contributed by atoms with E-state index in [2.05, 4.69) is 39.6 Å². The molecule has 1 heterocycles. The molecule has 1 atom stereocenters. The lowest BCUT2D eigenvalue weighted by Gasteiger charge is -2.26. The Bertz CT molecular complexity index is 592. The molecule has 0 aliphatic heterocycles. The molecule has 1 aromatic heterocycles. The summed E-state index contributed by atoms with van der Waals surface area (Å²) >= 11 is 0. The molecule has 0 saturated heterocycles. The Hall–Kier alpha value is -1.90. The molecular weight excluding hydrogens is 234 g/mol. The molecule has 0 fully saturated rings. The smallest absolute Gasteiger partial charge is 0.147 e. The van der Waals surface area contributed by atoms with Crippen LogP contribution in [0.25, 0.3) is 0 Å². The molecule has 1 aromatic carbocycles. The number of hydrogen-bond donors (Lipinski definition) is 1. The lowest BCUT2D eigenvalue weighted by atomic mass is 9.88. The van der Waals surface area contributed by atoms with Gasteiger partial charge in [0.25, 0.3) is 0 Å². The van der Waals surface area contributed by atoms with Gasteiger partial charge in [-0.2, -0.15) is 0 Å². The van der Waals surface area contributed by atoms with E-state index in [0.29, 0.717) is 6.04 Å². The Labute approximate surface area is 114 Å². The molecule has 1 aliphatic rings. The molecule has 1 N–H and O–H groups in total. The Kier molecular flexibility index (Phi) is 3.20. The minimum absolute atomic E-state index is 0.463. The number of benzene rings is 1. The van der Waals surface area contributed by atoms with Crippen molar-refractivity contribution in [2.45, 2.75) is 39.2 Å². The maximum atomic E-state index is 4.55. The molecule has 2 aromatic rings. The van der Waals surface area contributed by atoms with Crippen molar-refractivity contribution in [1.29, 1.82) is 0 Å². The summed E-state index contributed by atoms with van der Waals surface area (Å²) in [5.41, 5.74) is 4.89. The molecule has 3 rings (SSSR count). The van der Waals surface area contributed by atoms with E-state index in [-0.39, 0.29) is 0 Å². The van der Waals surface area contributed by atoms with Crippen LogP contribution in [0, 0.1) is 13.8 Å². The average Bonchev–Trinajstić information content (AvgIpc) is 2.43. The lowest BCUT2D eigenvalue weighted by Crippen LogP contribution is -2.28. The fourth-order valence-electron chi connectivity index (χ4n) is 2.69. The Morgan fingerprint density at radius 3 is 2.79 bits per heavy atom. The number of rotatable bonds is 2. The standard InChI is InChI=1S/C16H19N3/c1-11-10-17-12(2)16(18-11)19-15-8-7-13-5-3-4-6-14(13)9-15/h3-6,10,15H,7-9H2,1-2H3,(H,18,19)/t15-/m1/s1. The molecule has 0 bridgehead atoms. The highest BCUT2D eigenvalue weighted by Gasteiger charge is 2.19. The molecular formula is C16H19N3. The van der Waals surface area contributed by atoms with Gasteiger partial charge in [0.15, 0.2) is 0 Å². The molecule has 0 spiro atoms. The third-order valence-electron chi connectivity index (χ3n) is 3.76. The topological polar surface area (TPSA) is 37.8 Å². The summed E-state index contributed by atoms with van der Waals surface area (Å²) in [5.74, 6) is 0.935. The van der Waals surface area contributed by atoms with Gasteiger partial charge in [0.05, 0.1) is 11.4 Å². The molecule has 1 aliphatic carbocycles. The highest BCUT2D eigenvalue weighted by atomic mass is 15.0. The van der Waals surface area contributed by atoms with Crippen LogP contribution >= 0.6 is 0 Å². The van der Waals surface area contributed by atoms with Crippen molar-refractivity contribution in [3.05, 3.63) is 53.0 Å². The zero-order valence-electron chi connectivity index (χ0n) is 11.5. The summed E-state index contributed by atoms with van der Waals surface area (Å²) < 4.78 is 0. The summed E-state index contributed by atoms with van der Waals surface area (Å²) in [6, 6.07) is 9.19. The normalized spacial score (nSPS) is 17.9.